The normalized spacial score (nSPS) is 16.7. The van der Waals surface area contributed by atoms with Gasteiger partial charge in [0.05, 0.1) is 17.1 Å². The van der Waals surface area contributed by atoms with E-state index in [9.17, 15) is 9.59 Å². The third kappa shape index (κ3) is 3.29. The highest BCUT2D eigenvalue weighted by Gasteiger charge is 2.30. The molecule has 1 aliphatic heterocycles. The van der Waals surface area contributed by atoms with E-state index >= 15 is 0 Å². The Balaban J connectivity index is 1.58. The fourth-order valence-corrected chi connectivity index (χ4v) is 3.36. The first-order chi connectivity index (χ1) is 12.1. The van der Waals surface area contributed by atoms with Gasteiger partial charge in [-0.05, 0) is 43.9 Å². The molecule has 130 valence electrons. The molecular formula is C19H22N4O2. The molecule has 6 heteroatoms. The fraction of sp³-hybridized carbons (Fsp3) is 0.421. The van der Waals surface area contributed by atoms with Crippen LogP contribution in [-0.2, 0) is 11.3 Å². The maximum absolute atomic E-state index is 12.8. The fourth-order valence-electron chi connectivity index (χ4n) is 3.36. The van der Waals surface area contributed by atoms with E-state index in [2.05, 4.69) is 16.1 Å². The summed E-state index contributed by atoms with van der Waals surface area (Å²) in [6.07, 6.45) is 2.62. The number of aromatic nitrogens is 2. The predicted molar refractivity (Wildman–Crippen MR) is 97.0 cm³/mol. The van der Waals surface area contributed by atoms with E-state index < -0.39 is 0 Å². The van der Waals surface area contributed by atoms with Crippen molar-refractivity contribution in [3.8, 4) is 0 Å². The van der Waals surface area contributed by atoms with E-state index in [0.717, 1.165) is 36.1 Å². The van der Waals surface area contributed by atoms with Crippen LogP contribution < -0.4 is 15.4 Å². The van der Waals surface area contributed by atoms with E-state index in [-0.39, 0.29) is 18.0 Å². The highest BCUT2D eigenvalue weighted by atomic mass is 16.2. The highest BCUT2D eigenvalue weighted by molar-refractivity contribution is 5.97. The van der Waals surface area contributed by atoms with Crippen molar-refractivity contribution in [2.45, 2.75) is 26.3 Å². The van der Waals surface area contributed by atoms with Gasteiger partial charge >= 0.3 is 0 Å². The lowest BCUT2D eigenvalue weighted by atomic mass is 10.1. The minimum absolute atomic E-state index is 0.0303. The van der Waals surface area contributed by atoms with Crippen molar-refractivity contribution < 1.29 is 4.79 Å². The van der Waals surface area contributed by atoms with Gasteiger partial charge in [0.15, 0.2) is 0 Å². The smallest absolute Gasteiger partial charge is 0.267 e. The lowest BCUT2D eigenvalue weighted by molar-refractivity contribution is -0.119. The number of nitrogens with zero attached hydrogens (tertiary/aromatic N) is 4. The van der Waals surface area contributed by atoms with E-state index in [1.165, 1.54) is 23.6 Å². The molecule has 1 aromatic heterocycles. The number of carbonyl (C=O) groups excluding carboxylic acids is 1. The van der Waals surface area contributed by atoms with Crippen molar-refractivity contribution in [3.63, 3.8) is 0 Å². The van der Waals surface area contributed by atoms with Crippen LogP contribution in [0.2, 0.25) is 0 Å². The number of amides is 1. The highest BCUT2D eigenvalue weighted by Crippen LogP contribution is 2.37. The monoisotopic (exact) mass is 338 g/mol. The first kappa shape index (κ1) is 15.9. The van der Waals surface area contributed by atoms with Crippen molar-refractivity contribution in [2.24, 2.45) is 5.92 Å². The predicted octanol–water partition coefficient (Wildman–Crippen LogP) is 1.81. The topological polar surface area (TPSA) is 58.4 Å². The number of hydrogen-bond donors (Lipinski definition) is 0. The minimum atomic E-state index is -0.250. The maximum atomic E-state index is 12.8. The molecule has 1 aromatic carbocycles. The van der Waals surface area contributed by atoms with Gasteiger partial charge in [-0.2, -0.15) is 5.10 Å². The van der Waals surface area contributed by atoms with E-state index in [4.69, 9.17) is 0 Å². The van der Waals surface area contributed by atoms with E-state index in [1.807, 2.05) is 25.1 Å². The summed E-state index contributed by atoms with van der Waals surface area (Å²) in [5.74, 6) is 0.698. The van der Waals surface area contributed by atoms with Gasteiger partial charge < -0.3 is 9.80 Å². The molecule has 0 unspecified atom stereocenters. The summed E-state index contributed by atoms with van der Waals surface area (Å²) in [5.41, 5.74) is 2.51. The third-order valence-corrected chi connectivity index (χ3v) is 4.87. The second kappa shape index (κ2) is 6.35. The number of fused-ring (bicyclic) bond motifs is 1. The SMILES string of the molecule is Cc1ccc(=O)n(CC(=O)N2CCN(CC3CC3)c3ccccc32)n1. The second-order valence-corrected chi connectivity index (χ2v) is 6.89. The van der Waals surface area contributed by atoms with E-state index in [0.29, 0.717) is 6.54 Å². The van der Waals surface area contributed by atoms with Crippen molar-refractivity contribution in [1.29, 1.82) is 0 Å². The van der Waals surface area contributed by atoms with Crippen molar-refractivity contribution in [1.82, 2.24) is 9.78 Å². The number of hydrogen-bond acceptors (Lipinski definition) is 4. The summed E-state index contributed by atoms with van der Waals surface area (Å²) >= 11 is 0. The van der Waals surface area contributed by atoms with Gasteiger partial charge in [0.2, 0.25) is 5.91 Å². The van der Waals surface area contributed by atoms with E-state index in [1.54, 1.807) is 11.0 Å². The Morgan fingerprint density at radius 2 is 1.88 bits per heavy atom. The minimum Gasteiger partial charge on any atom is -0.368 e. The number of carbonyl (C=O) groups is 1. The molecule has 1 amide bonds. The van der Waals surface area contributed by atoms with Gasteiger partial charge in [-0.15, -0.1) is 0 Å². The Morgan fingerprint density at radius 3 is 2.64 bits per heavy atom. The number of anilines is 2. The molecule has 0 saturated heterocycles. The first-order valence-electron chi connectivity index (χ1n) is 8.81. The molecule has 2 aliphatic rings. The second-order valence-electron chi connectivity index (χ2n) is 6.89. The van der Waals surface area contributed by atoms with Gasteiger partial charge in [0.1, 0.15) is 6.54 Å². The number of para-hydroxylation sites is 2. The molecule has 0 bridgehead atoms. The van der Waals surface area contributed by atoms with Crippen LogP contribution in [0.1, 0.15) is 18.5 Å². The molecule has 1 saturated carbocycles. The lowest BCUT2D eigenvalue weighted by Crippen LogP contribution is -2.46. The van der Waals surface area contributed by atoms with Gasteiger partial charge in [0, 0.05) is 25.7 Å². The Labute approximate surface area is 146 Å². The Hall–Kier alpha value is -2.63. The first-order valence-corrected chi connectivity index (χ1v) is 8.81. The molecule has 0 radical (unpaired) electrons. The molecule has 0 atom stereocenters. The maximum Gasteiger partial charge on any atom is 0.267 e. The molecule has 0 N–H and O–H groups in total. The summed E-state index contributed by atoms with van der Waals surface area (Å²) in [4.78, 5) is 28.9. The molecule has 25 heavy (non-hydrogen) atoms. The van der Waals surface area contributed by atoms with Crippen molar-refractivity contribution in [3.05, 3.63) is 52.4 Å². The van der Waals surface area contributed by atoms with Crippen LogP contribution in [-0.4, -0.2) is 35.3 Å². The van der Waals surface area contributed by atoms with Gasteiger partial charge in [0.25, 0.3) is 5.56 Å². The van der Waals surface area contributed by atoms with Crippen LogP contribution in [0.3, 0.4) is 0 Å². The molecule has 0 spiro atoms. The average molecular weight is 338 g/mol. The van der Waals surface area contributed by atoms with Crippen molar-refractivity contribution >= 4 is 17.3 Å². The van der Waals surface area contributed by atoms with Crippen molar-refractivity contribution in [2.75, 3.05) is 29.4 Å². The molecule has 1 aliphatic carbocycles. The number of aryl methyl sites for hydroxylation is 1. The molecular weight excluding hydrogens is 316 g/mol. The largest absolute Gasteiger partial charge is 0.368 e. The van der Waals surface area contributed by atoms with Crippen LogP contribution in [0.4, 0.5) is 11.4 Å². The zero-order valence-corrected chi connectivity index (χ0v) is 14.4. The molecule has 2 heterocycles. The van der Waals surface area contributed by atoms with Gasteiger partial charge in [-0.1, -0.05) is 12.1 Å². The zero-order chi connectivity index (χ0) is 17.4. The summed E-state index contributed by atoms with van der Waals surface area (Å²) in [6, 6.07) is 11.1. The molecule has 2 aromatic rings. The summed E-state index contributed by atoms with van der Waals surface area (Å²) in [5, 5.41) is 4.17. The molecule has 4 rings (SSSR count). The standard InChI is InChI=1S/C19H22N4O2/c1-14-6-9-18(24)23(20-14)13-19(25)22-11-10-21(12-15-7-8-15)16-4-2-3-5-17(16)22/h2-6,9,15H,7-8,10-13H2,1H3. The third-order valence-electron chi connectivity index (χ3n) is 4.87. The van der Waals surface area contributed by atoms with Crippen LogP contribution in [0.25, 0.3) is 0 Å². The van der Waals surface area contributed by atoms with Gasteiger partial charge in [-0.25, -0.2) is 4.68 Å². The lowest BCUT2D eigenvalue weighted by Gasteiger charge is -2.38. The number of benzene rings is 1. The summed E-state index contributed by atoms with van der Waals surface area (Å²) in [7, 11) is 0. The van der Waals surface area contributed by atoms with Crippen LogP contribution >= 0.6 is 0 Å². The van der Waals surface area contributed by atoms with Crippen LogP contribution in [0, 0.1) is 12.8 Å². The summed E-state index contributed by atoms with van der Waals surface area (Å²) in [6.45, 7) is 4.32. The number of rotatable bonds is 4. The average Bonchev–Trinajstić information content (AvgIpc) is 3.42. The van der Waals surface area contributed by atoms with Crippen LogP contribution in [0.15, 0.2) is 41.2 Å². The van der Waals surface area contributed by atoms with Gasteiger partial charge in [-0.3, -0.25) is 9.59 Å². The molecule has 1 fully saturated rings. The Kier molecular flexibility index (Phi) is 4.03. The molecule has 6 nitrogen and oxygen atoms in total. The van der Waals surface area contributed by atoms with Crippen LogP contribution in [0.5, 0.6) is 0 Å². The summed E-state index contributed by atoms with van der Waals surface area (Å²) < 4.78 is 1.25. The Morgan fingerprint density at radius 1 is 1.12 bits per heavy atom. The Bertz CT molecular complexity index is 856. The zero-order valence-electron chi connectivity index (χ0n) is 14.4. The quantitative estimate of drug-likeness (QED) is 0.853.